The topological polar surface area (TPSA) is 167 Å². The van der Waals surface area contributed by atoms with Crippen LogP contribution in [0.25, 0.3) is 0 Å². The van der Waals surface area contributed by atoms with Crippen LogP contribution in [0.3, 0.4) is 0 Å². The monoisotopic (exact) mass is 852 g/mol. The molecule has 59 heavy (non-hydrogen) atoms. The van der Waals surface area contributed by atoms with Gasteiger partial charge in [0.2, 0.25) is 0 Å². The van der Waals surface area contributed by atoms with Gasteiger partial charge in [0.05, 0.1) is 49.0 Å². The van der Waals surface area contributed by atoms with E-state index in [-0.39, 0.29) is 44.2 Å². The molecule has 14 heteroatoms. The van der Waals surface area contributed by atoms with Gasteiger partial charge in [-0.15, -0.1) is 11.3 Å². The van der Waals surface area contributed by atoms with Crippen LogP contribution >= 0.6 is 19.2 Å². The summed E-state index contributed by atoms with van der Waals surface area (Å²) in [4.78, 5) is 30.0. The smallest absolute Gasteiger partial charge is 0.457 e. The lowest BCUT2D eigenvalue weighted by Crippen LogP contribution is -2.79. The van der Waals surface area contributed by atoms with Crippen molar-refractivity contribution in [2.45, 2.75) is 116 Å². The van der Waals surface area contributed by atoms with E-state index in [1.54, 1.807) is 46.0 Å². The highest BCUT2D eigenvalue weighted by Crippen LogP contribution is 2.65. The normalized spacial score (nSPS) is 33.8. The highest BCUT2D eigenvalue weighted by atomic mass is 32.1. The molecule has 320 valence electrons. The molecule has 3 N–H and O–H groups in total. The Bertz CT molecular complexity index is 2010. The molecule has 0 spiro atoms. The molecule has 12 nitrogen and oxygen atoms in total. The Morgan fingerprint density at radius 2 is 1.56 bits per heavy atom. The van der Waals surface area contributed by atoms with Gasteiger partial charge < -0.3 is 29.5 Å². The van der Waals surface area contributed by atoms with Crippen LogP contribution in [0.15, 0.2) is 89.3 Å². The number of fused-ring (bicyclic) bond motifs is 5. The van der Waals surface area contributed by atoms with Crippen molar-refractivity contribution < 1.29 is 57.3 Å². The summed E-state index contributed by atoms with van der Waals surface area (Å²) in [5, 5.41) is 39.9. The zero-order valence-corrected chi connectivity index (χ0v) is 36.4. The third kappa shape index (κ3) is 7.75. The van der Waals surface area contributed by atoms with E-state index in [1.165, 1.54) is 0 Å². The average molecular weight is 853 g/mol. The first kappa shape index (κ1) is 44.0. The Morgan fingerprint density at radius 1 is 0.949 bits per heavy atom. The van der Waals surface area contributed by atoms with E-state index in [9.17, 15) is 24.7 Å². The quantitative estimate of drug-likeness (QED) is 0.0633. The number of hydrogen-bond donors (Lipinski definition) is 3. The first-order chi connectivity index (χ1) is 27.9. The molecule has 3 fully saturated rings. The van der Waals surface area contributed by atoms with Crippen molar-refractivity contribution in [2.24, 2.45) is 28.6 Å². The van der Waals surface area contributed by atoms with E-state index >= 15 is 4.79 Å². The summed E-state index contributed by atoms with van der Waals surface area (Å²) in [6, 6.07) is 22.2. The van der Waals surface area contributed by atoms with Crippen LogP contribution in [0.5, 0.6) is 0 Å². The molecule has 1 aromatic heterocycles. The molecule has 3 aliphatic carbocycles. The maximum atomic E-state index is 15.2. The van der Waals surface area contributed by atoms with Crippen molar-refractivity contribution in [3.63, 3.8) is 0 Å². The van der Waals surface area contributed by atoms with E-state index < -0.39 is 90.6 Å². The number of ether oxygens (including phenoxy) is 3. The number of Topliss-reactive ketones (excluding diaryl/α,β-unsaturated/α-hetero) is 1. The number of carbonyl (C=O) groups is 2. The molecule has 2 aromatic carbocycles. The summed E-state index contributed by atoms with van der Waals surface area (Å²) in [6.45, 7) is 11.6. The average Bonchev–Trinajstić information content (AvgIpc) is 3.76. The van der Waals surface area contributed by atoms with E-state index in [0.717, 1.165) is 16.0 Å². The lowest BCUT2D eigenvalue weighted by atomic mass is 9.43. The molecule has 1 saturated heterocycles. The van der Waals surface area contributed by atoms with Gasteiger partial charge in [-0.25, -0.2) is 4.57 Å². The first-order valence-electron chi connectivity index (χ1n) is 20.3. The van der Waals surface area contributed by atoms with Gasteiger partial charge in [0.15, 0.2) is 12.6 Å². The third-order valence-electron chi connectivity index (χ3n) is 14.1. The molecular formula is C45H57O12PS. The van der Waals surface area contributed by atoms with Crippen molar-refractivity contribution in [1.29, 1.82) is 0 Å². The molecule has 7 rings (SSSR count). The number of phosphoric ester groups is 1. The van der Waals surface area contributed by atoms with E-state index in [0.29, 0.717) is 5.57 Å². The van der Waals surface area contributed by atoms with Crippen LogP contribution in [0.1, 0.15) is 83.2 Å². The second-order valence-electron chi connectivity index (χ2n) is 17.6. The number of hydrogen-bond acceptors (Lipinski definition) is 13. The Kier molecular flexibility index (Phi) is 12.4. The van der Waals surface area contributed by atoms with Crippen LogP contribution in [0, 0.1) is 28.6 Å². The Hall–Kier alpha value is -3.07. The summed E-state index contributed by atoms with van der Waals surface area (Å²) >= 11 is 1.56. The lowest BCUT2D eigenvalue weighted by molar-refractivity contribution is -0.341. The first-order valence-corrected chi connectivity index (χ1v) is 22.7. The van der Waals surface area contributed by atoms with Gasteiger partial charge in [-0.05, 0) is 53.5 Å². The second-order valence-corrected chi connectivity index (χ2v) is 20.2. The zero-order valence-electron chi connectivity index (χ0n) is 34.7. The van der Waals surface area contributed by atoms with Crippen LogP contribution < -0.4 is 0 Å². The van der Waals surface area contributed by atoms with Crippen molar-refractivity contribution in [2.75, 3.05) is 13.4 Å². The summed E-state index contributed by atoms with van der Waals surface area (Å²) in [5.74, 6) is -3.56. The predicted molar refractivity (Wildman–Crippen MR) is 220 cm³/mol. The number of carbonyl (C=O) groups excluding carboxylic acids is 2. The lowest BCUT2D eigenvalue weighted by Gasteiger charge is -2.67. The number of aliphatic hydroxyl groups is 3. The maximum absolute atomic E-state index is 15.2. The van der Waals surface area contributed by atoms with Gasteiger partial charge in [-0.1, -0.05) is 101 Å². The number of ketones is 1. The Balaban J connectivity index is 1.18. The standard InChI is InChI=1S/C45H57O12PS/c1-27(34-19-14-20-59-34)28(2)41(48)57-33-22-45(50)30(4)39-43(7,40(47)38(46)37(29(33)3)42(45,5)6)35(21-36-44(39,49)25-52-36)53-26-56-58(51,54-23-31-15-10-8-11-16-31)55-24-32-17-12-9-13-18-32/h8-20,27-28,30,33,35-36,38-39,46,49-50H,21-26H2,1-7H3/t27-,28-,30?,33?,35?,36?,38?,39?,43-,44?,45?/m1/s1. The van der Waals surface area contributed by atoms with E-state index in [1.807, 2.05) is 92.0 Å². The molecule has 0 amide bonds. The number of benzene rings is 2. The SMILES string of the molecule is CC1=C2C(O)C(=O)[C@]3(C)C(OCOP(=O)(OCc4ccccc4)OCc4ccccc4)CC4OCC4(O)C3C(C)C(O)(CC1OC(=O)[C@H](C)[C@@H](C)c1cccs1)C2(C)C. The van der Waals surface area contributed by atoms with Crippen molar-refractivity contribution in [3.8, 4) is 0 Å². The van der Waals surface area contributed by atoms with Crippen molar-refractivity contribution in [1.82, 2.24) is 0 Å². The molecule has 11 atom stereocenters. The Labute approximate surface area is 350 Å². The van der Waals surface area contributed by atoms with Crippen molar-refractivity contribution in [3.05, 3.63) is 105 Å². The zero-order chi connectivity index (χ0) is 42.5. The van der Waals surface area contributed by atoms with E-state index in [4.69, 9.17) is 27.8 Å². The van der Waals surface area contributed by atoms with Crippen LogP contribution in [0.4, 0.5) is 0 Å². The molecule has 2 bridgehead atoms. The number of esters is 1. The molecule has 2 heterocycles. The summed E-state index contributed by atoms with van der Waals surface area (Å²) < 4.78 is 50.0. The van der Waals surface area contributed by atoms with Crippen LogP contribution in [-0.2, 0) is 55.1 Å². The van der Waals surface area contributed by atoms with E-state index in [2.05, 4.69) is 0 Å². The highest BCUT2D eigenvalue weighted by molar-refractivity contribution is 7.48. The minimum absolute atomic E-state index is 0.0350. The summed E-state index contributed by atoms with van der Waals surface area (Å²) in [6.07, 6.45) is -4.53. The van der Waals surface area contributed by atoms with Gasteiger partial charge in [-0.3, -0.25) is 23.2 Å². The van der Waals surface area contributed by atoms with Crippen LogP contribution in [0.2, 0.25) is 0 Å². The number of aliphatic hydroxyl groups excluding tert-OH is 1. The molecular weight excluding hydrogens is 796 g/mol. The molecule has 0 radical (unpaired) electrons. The Morgan fingerprint density at radius 3 is 2.10 bits per heavy atom. The largest absolute Gasteiger partial charge is 0.477 e. The third-order valence-corrected chi connectivity index (χ3v) is 16.5. The molecule has 1 aliphatic heterocycles. The van der Waals surface area contributed by atoms with Gasteiger partial charge in [0.25, 0.3) is 0 Å². The minimum Gasteiger partial charge on any atom is -0.457 e. The molecule has 3 aromatic rings. The fourth-order valence-electron chi connectivity index (χ4n) is 10.3. The minimum atomic E-state index is -4.29. The fourth-order valence-corrected chi connectivity index (χ4v) is 12.2. The summed E-state index contributed by atoms with van der Waals surface area (Å²) in [5.41, 5.74) is -3.87. The van der Waals surface area contributed by atoms with Gasteiger partial charge in [0.1, 0.15) is 17.8 Å². The highest BCUT2D eigenvalue weighted by Gasteiger charge is 2.74. The van der Waals surface area contributed by atoms with Gasteiger partial charge in [0, 0.05) is 35.0 Å². The predicted octanol–water partition coefficient (Wildman–Crippen LogP) is 7.51. The van der Waals surface area contributed by atoms with Crippen molar-refractivity contribution >= 4 is 30.9 Å². The maximum Gasteiger partial charge on any atom is 0.477 e. The van der Waals surface area contributed by atoms with Gasteiger partial charge in [-0.2, -0.15) is 0 Å². The van der Waals surface area contributed by atoms with Gasteiger partial charge >= 0.3 is 13.8 Å². The fraction of sp³-hybridized carbons (Fsp3) is 0.556. The molecule has 2 saturated carbocycles. The number of thiophene rings is 1. The summed E-state index contributed by atoms with van der Waals surface area (Å²) in [7, 11) is -4.29. The molecule has 4 aliphatic rings. The van der Waals surface area contributed by atoms with Crippen LogP contribution in [-0.4, -0.2) is 76.1 Å². The number of phosphoric acid groups is 1. The molecule has 8 unspecified atom stereocenters. The number of rotatable bonds is 14. The second kappa shape index (κ2) is 16.7.